The highest BCUT2D eigenvalue weighted by atomic mass is 16.5. The Labute approximate surface area is 219 Å². The molecule has 1 unspecified atom stereocenters. The van der Waals surface area contributed by atoms with Gasteiger partial charge in [0.25, 0.3) is 0 Å². The van der Waals surface area contributed by atoms with E-state index in [4.69, 9.17) is 19.6 Å². The van der Waals surface area contributed by atoms with Gasteiger partial charge in [-0.2, -0.15) is 5.10 Å². The molecule has 0 saturated carbocycles. The lowest BCUT2D eigenvalue weighted by molar-refractivity contribution is 0.00335. The third-order valence-corrected chi connectivity index (χ3v) is 8.55. The molecule has 0 radical (unpaired) electrons. The third-order valence-electron chi connectivity index (χ3n) is 8.55. The largest absolute Gasteiger partial charge is 0.394 e. The van der Waals surface area contributed by atoms with Crippen LogP contribution in [0.1, 0.15) is 42.1 Å². The van der Waals surface area contributed by atoms with E-state index in [9.17, 15) is 5.11 Å². The van der Waals surface area contributed by atoms with Gasteiger partial charge in [0.2, 0.25) is 0 Å². The molecule has 196 valence electrons. The Morgan fingerprint density at radius 3 is 2.65 bits per heavy atom. The second-order valence-corrected chi connectivity index (χ2v) is 11.1. The number of nitrogens with zero attached hydrogens (tertiary/aromatic N) is 6. The third kappa shape index (κ3) is 4.76. The van der Waals surface area contributed by atoms with Gasteiger partial charge in [-0.1, -0.05) is 0 Å². The van der Waals surface area contributed by atoms with E-state index in [0.717, 1.165) is 74.6 Å². The summed E-state index contributed by atoms with van der Waals surface area (Å²) in [6.45, 7) is 10.0. The van der Waals surface area contributed by atoms with Gasteiger partial charge in [-0.05, 0) is 75.4 Å². The molecule has 6 rings (SSSR count). The average Bonchev–Trinajstić information content (AvgIpc) is 3.54. The lowest BCUT2D eigenvalue weighted by Crippen LogP contribution is -2.52. The first-order valence-electron chi connectivity index (χ1n) is 13.6. The Kier molecular flexibility index (Phi) is 6.69. The maximum atomic E-state index is 9.56. The van der Waals surface area contributed by atoms with E-state index in [0.29, 0.717) is 24.9 Å². The Morgan fingerprint density at radius 1 is 1.08 bits per heavy atom. The van der Waals surface area contributed by atoms with Gasteiger partial charge in [0, 0.05) is 36.6 Å². The zero-order valence-corrected chi connectivity index (χ0v) is 22.2. The van der Waals surface area contributed by atoms with Crippen LogP contribution in [0.2, 0.25) is 0 Å². The molecule has 2 aromatic heterocycles. The van der Waals surface area contributed by atoms with E-state index in [2.05, 4.69) is 41.7 Å². The van der Waals surface area contributed by atoms with E-state index >= 15 is 0 Å². The van der Waals surface area contributed by atoms with Crippen LogP contribution in [0.5, 0.6) is 0 Å². The molecule has 3 aliphatic heterocycles. The maximum Gasteiger partial charge on any atom is 0.159 e. The number of rotatable bonds is 5. The first-order chi connectivity index (χ1) is 17.9. The summed E-state index contributed by atoms with van der Waals surface area (Å²) in [4.78, 5) is 14.2. The predicted octanol–water partition coefficient (Wildman–Crippen LogP) is 1.56. The molecule has 3 fully saturated rings. The zero-order chi connectivity index (χ0) is 25.6. The fraction of sp³-hybridized carbons (Fsp3) is 0.593. The van der Waals surface area contributed by atoms with Crippen molar-refractivity contribution in [2.75, 3.05) is 57.5 Å². The highest BCUT2D eigenvalue weighted by Crippen LogP contribution is 2.36. The molecular formula is C27H37BN6O3. The van der Waals surface area contributed by atoms with Gasteiger partial charge in [-0.25, -0.2) is 14.6 Å². The quantitative estimate of drug-likeness (QED) is 0.524. The molecule has 0 amide bonds. The summed E-state index contributed by atoms with van der Waals surface area (Å²) in [5.41, 5.74) is 4.04. The predicted molar refractivity (Wildman–Crippen MR) is 145 cm³/mol. The fourth-order valence-electron chi connectivity index (χ4n) is 6.31. The van der Waals surface area contributed by atoms with Gasteiger partial charge in [-0.15, -0.1) is 0 Å². The van der Waals surface area contributed by atoms with Gasteiger partial charge < -0.3 is 24.4 Å². The minimum Gasteiger partial charge on any atom is -0.394 e. The number of fused-ring (bicyclic) bond motifs is 1. The van der Waals surface area contributed by atoms with Crippen molar-refractivity contribution in [3.8, 4) is 5.82 Å². The van der Waals surface area contributed by atoms with E-state index in [1.165, 1.54) is 11.1 Å². The van der Waals surface area contributed by atoms with Gasteiger partial charge >= 0.3 is 0 Å². The first-order valence-corrected chi connectivity index (χ1v) is 13.6. The average molecular weight is 504 g/mol. The molecular weight excluding hydrogens is 467 g/mol. The van der Waals surface area contributed by atoms with Crippen LogP contribution in [-0.4, -0.2) is 102 Å². The topological polar surface area (TPSA) is 88.8 Å². The molecule has 10 heteroatoms. The Balaban J connectivity index is 1.28. The maximum absolute atomic E-state index is 9.56. The van der Waals surface area contributed by atoms with Crippen molar-refractivity contribution in [2.45, 2.75) is 50.6 Å². The van der Waals surface area contributed by atoms with Crippen molar-refractivity contribution in [3.63, 3.8) is 0 Å². The molecule has 3 aliphatic rings. The molecule has 3 aromatic rings. The van der Waals surface area contributed by atoms with Crippen molar-refractivity contribution in [1.82, 2.24) is 24.6 Å². The summed E-state index contributed by atoms with van der Waals surface area (Å²) in [6, 6.07) is 6.61. The molecule has 9 nitrogen and oxygen atoms in total. The van der Waals surface area contributed by atoms with Crippen LogP contribution < -0.4 is 4.90 Å². The van der Waals surface area contributed by atoms with Crippen LogP contribution in [0.3, 0.4) is 0 Å². The van der Waals surface area contributed by atoms with E-state index in [1.54, 1.807) is 0 Å². The summed E-state index contributed by atoms with van der Waals surface area (Å²) in [5, 5.41) is 15.4. The smallest absolute Gasteiger partial charge is 0.159 e. The molecule has 0 bridgehead atoms. The molecule has 1 aromatic carbocycles. The van der Waals surface area contributed by atoms with Crippen LogP contribution in [0, 0.1) is 13.8 Å². The normalized spacial score (nSPS) is 25.8. The fourth-order valence-corrected chi connectivity index (χ4v) is 6.31. The minimum absolute atomic E-state index is 0.00525. The van der Waals surface area contributed by atoms with Gasteiger partial charge in [0.05, 0.1) is 37.6 Å². The molecule has 5 heterocycles. The van der Waals surface area contributed by atoms with Crippen molar-refractivity contribution < 1.29 is 14.6 Å². The van der Waals surface area contributed by atoms with Gasteiger partial charge in [-0.3, -0.25) is 0 Å². The van der Waals surface area contributed by atoms with Crippen molar-refractivity contribution in [2.24, 2.45) is 0 Å². The Morgan fingerprint density at radius 2 is 1.89 bits per heavy atom. The number of aliphatic hydroxyl groups excluding tert-OH is 1. The highest BCUT2D eigenvalue weighted by molar-refractivity contribution is 6.15. The van der Waals surface area contributed by atoms with Crippen molar-refractivity contribution >= 4 is 24.6 Å². The number of benzene rings is 1. The number of aliphatic hydroxyl groups is 1. The standard InChI is InChI=1S/C27H37BN6O3/c1-18-11-21-14-29-34(26-13-25(30-19(2)31-26)32-8-10-37-22(15-32)16-35)24(21)12-23(18)20-3-6-33(7-4-20)27(28)5-9-36-17-27/h11-14,20,22,35H,3-10,15-17,28H2,1-2H3/t22-,27?/m1/s1. The highest BCUT2D eigenvalue weighted by Gasteiger charge is 2.38. The number of morpholine rings is 1. The minimum atomic E-state index is -0.196. The van der Waals surface area contributed by atoms with E-state index < -0.39 is 0 Å². The molecule has 0 aliphatic carbocycles. The van der Waals surface area contributed by atoms with Crippen molar-refractivity contribution in [1.29, 1.82) is 0 Å². The van der Waals surface area contributed by atoms with Crippen LogP contribution in [0.15, 0.2) is 24.4 Å². The monoisotopic (exact) mass is 504 g/mol. The summed E-state index contributed by atoms with van der Waals surface area (Å²) in [5.74, 6) is 2.86. The number of hydrogen-bond donors (Lipinski definition) is 1. The number of likely N-dealkylation sites (tertiary alicyclic amines) is 1. The summed E-state index contributed by atoms with van der Waals surface area (Å²) >= 11 is 0. The Bertz CT molecular complexity index is 1270. The number of aromatic nitrogens is 4. The van der Waals surface area contributed by atoms with Crippen LogP contribution in [0.25, 0.3) is 16.7 Å². The first kappa shape index (κ1) is 24.8. The van der Waals surface area contributed by atoms with Gasteiger partial charge in [0.15, 0.2) is 5.82 Å². The molecule has 1 N–H and O–H groups in total. The number of aryl methyl sites for hydroxylation is 2. The van der Waals surface area contributed by atoms with Gasteiger partial charge in [0.1, 0.15) is 19.5 Å². The molecule has 0 spiro atoms. The second-order valence-electron chi connectivity index (χ2n) is 11.1. The number of anilines is 1. The van der Waals surface area contributed by atoms with Crippen molar-refractivity contribution in [3.05, 3.63) is 41.3 Å². The number of ether oxygens (including phenoxy) is 2. The lowest BCUT2D eigenvalue weighted by Gasteiger charge is -2.42. The molecule has 3 saturated heterocycles. The number of hydrogen-bond acceptors (Lipinski definition) is 8. The summed E-state index contributed by atoms with van der Waals surface area (Å²) < 4.78 is 13.3. The molecule has 2 atom stereocenters. The number of piperidine rings is 1. The lowest BCUT2D eigenvalue weighted by atomic mass is 9.73. The van der Waals surface area contributed by atoms with Crippen LogP contribution >= 0.6 is 0 Å². The summed E-state index contributed by atoms with van der Waals surface area (Å²) in [6.07, 6.45) is 5.20. The second kappa shape index (κ2) is 9.98. The SMILES string of the molecule is BC1(N2CCC(c3cc4c(cnn4-c4cc(N5CCO[C@@H](CO)C5)nc(C)n4)cc3C)CC2)CCOC1. The Hall–Kier alpha value is -2.53. The zero-order valence-electron chi connectivity index (χ0n) is 22.2. The summed E-state index contributed by atoms with van der Waals surface area (Å²) in [7, 11) is 2.36. The van der Waals surface area contributed by atoms with E-state index in [-0.39, 0.29) is 18.1 Å². The van der Waals surface area contributed by atoms with Crippen LogP contribution in [0.4, 0.5) is 5.82 Å². The van der Waals surface area contributed by atoms with E-state index in [1.807, 2.05) is 23.9 Å². The molecule has 37 heavy (non-hydrogen) atoms. The van der Waals surface area contributed by atoms with Crippen LogP contribution in [-0.2, 0) is 9.47 Å².